The van der Waals surface area contributed by atoms with Gasteiger partial charge in [-0.25, -0.2) is 0 Å². The molecule has 0 amide bonds. The van der Waals surface area contributed by atoms with E-state index in [9.17, 15) is 4.57 Å². The van der Waals surface area contributed by atoms with Crippen LogP contribution in [0, 0.1) is 6.92 Å². The summed E-state index contributed by atoms with van der Waals surface area (Å²) in [5, 5.41) is 2.75. The van der Waals surface area contributed by atoms with Gasteiger partial charge in [-0.2, -0.15) is 0 Å². The number of hydrogen-bond donors (Lipinski definition) is 3. The first-order valence-corrected chi connectivity index (χ1v) is 5.96. The van der Waals surface area contributed by atoms with Gasteiger partial charge in [0, 0.05) is 5.69 Å². The van der Waals surface area contributed by atoms with Crippen LogP contribution in [0.5, 0.6) is 0 Å². The SMILES string of the molecule is Cc1ccc(NC(C)P(=O)(O)O)cc1. The van der Waals surface area contributed by atoms with Crippen molar-refractivity contribution in [2.45, 2.75) is 19.6 Å². The van der Waals surface area contributed by atoms with Crippen molar-refractivity contribution in [2.24, 2.45) is 0 Å². The molecule has 0 bridgehead atoms. The van der Waals surface area contributed by atoms with E-state index in [1.54, 1.807) is 12.1 Å². The van der Waals surface area contributed by atoms with Gasteiger partial charge in [-0.05, 0) is 26.0 Å². The Kier molecular flexibility index (Phi) is 3.32. The number of nitrogens with one attached hydrogen (secondary N) is 1. The van der Waals surface area contributed by atoms with Crippen LogP contribution in [0.1, 0.15) is 12.5 Å². The lowest BCUT2D eigenvalue weighted by Gasteiger charge is -2.16. The molecule has 4 nitrogen and oxygen atoms in total. The second-order valence-electron chi connectivity index (χ2n) is 3.28. The number of hydrogen-bond acceptors (Lipinski definition) is 2. The quantitative estimate of drug-likeness (QED) is 0.674. The molecule has 14 heavy (non-hydrogen) atoms. The first-order valence-electron chi connectivity index (χ1n) is 4.28. The highest BCUT2D eigenvalue weighted by Gasteiger charge is 2.23. The summed E-state index contributed by atoms with van der Waals surface area (Å²) in [5.41, 5.74) is 1.82. The molecule has 5 heteroatoms. The molecule has 0 spiro atoms. The summed E-state index contributed by atoms with van der Waals surface area (Å²) in [6.45, 7) is 3.41. The van der Waals surface area contributed by atoms with Crippen molar-refractivity contribution >= 4 is 13.3 Å². The van der Waals surface area contributed by atoms with Gasteiger partial charge in [-0.3, -0.25) is 4.57 Å². The second kappa shape index (κ2) is 4.13. The van der Waals surface area contributed by atoms with E-state index in [1.807, 2.05) is 19.1 Å². The largest absolute Gasteiger partial charge is 0.372 e. The molecule has 0 saturated heterocycles. The Labute approximate surface area is 83.1 Å². The van der Waals surface area contributed by atoms with E-state index in [-0.39, 0.29) is 0 Å². The van der Waals surface area contributed by atoms with Crippen LogP contribution in [-0.4, -0.2) is 15.6 Å². The van der Waals surface area contributed by atoms with Gasteiger partial charge in [0.15, 0.2) is 0 Å². The molecule has 0 radical (unpaired) electrons. The van der Waals surface area contributed by atoms with Gasteiger partial charge in [0.1, 0.15) is 5.78 Å². The molecule has 0 saturated carbocycles. The van der Waals surface area contributed by atoms with E-state index < -0.39 is 13.4 Å². The first-order chi connectivity index (χ1) is 6.39. The molecule has 1 aromatic carbocycles. The highest BCUT2D eigenvalue weighted by molar-refractivity contribution is 7.52. The van der Waals surface area contributed by atoms with Gasteiger partial charge >= 0.3 is 7.60 Å². The van der Waals surface area contributed by atoms with E-state index in [0.717, 1.165) is 5.56 Å². The molecule has 0 aliphatic carbocycles. The van der Waals surface area contributed by atoms with E-state index in [1.165, 1.54) is 6.92 Å². The summed E-state index contributed by atoms with van der Waals surface area (Å²) >= 11 is 0. The van der Waals surface area contributed by atoms with Crippen molar-refractivity contribution in [1.29, 1.82) is 0 Å². The van der Waals surface area contributed by atoms with Gasteiger partial charge < -0.3 is 15.1 Å². The summed E-state index contributed by atoms with van der Waals surface area (Å²) in [6.07, 6.45) is 0. The Hall–Kier alpha value is -0.830. The molecule has 1 unspecified atom stereocenters. The summed E-state index contributed by atoms with van der Waals surface area (Å²) in [4.78, 5) is 17.7. The standard InChI is InChI=1S/C9H14NO3P/c1-7-3-5-9(6-4-7)10-8(2)14(11,12)13/h3-6,8,10H,1-2H3,(H2,11,12,13). The van der Waals surface area contributed by atoms with Gasteiger partial charge in [-0.1, -0.05) is 17.7 Å². The third-order valence-electron chi connectivity index (χ3n) is 1.93. The van der Waals surface area contributed by atoms with Gasteiger partial charge in [-0.15, -0.1) is 0 Å². The molecular weight excluding hydrogens is 201 g/mol. The zero-order chi connectivity index (χ0) is 10.8. The molecule has 0 fully saturated rings. The number of rotatable bonds is 3. The van der Waals surface area contributed by atoms with E-state index in [0.29, 0.717) is 5.69 Å². The maximum atomic E-state index is 10.8. The highest BCUT2D eigenvalue weighted by atomic mass is 31.2. The molecule has 78 valence electrons. The molecule has 1 rings (SSSR count). The fourth-order valence-corrected chi connectivity index (χ4v) is 1.29. The van der Waals surface area contributed by atoms with Crippen LogP contribution in [0.3, 0.4) is 0 Å². The minimum Gasteiger partial charge on any atom is -0.372 e. The third kappa shape index (κ3) is 3.14. The van der Waals surface area contributed by atoms with Crippen molar-refractivity contribution in [3.8, 4) is 0 Å². The smallest absolute Gasteiger partial charge is 0.347 e. The third-order valence-corrected chi connectivity index (χ3v) is 3.07. The topological polar surface area (TPSA) is 69.6 Å². The molecule has 0 aliphatic rings. The van der Waals surface area contributed by atoms with Crippen LogP contribution in [0.15, 0.2) is 24.3 Å². The molecule has 3 N–H and O–H groups in total. The molecular formula is C9H14NO3P. The van der Waals surface area contributed by atoms with Crippen molar-refractivity contribution < 1.29 is 14.4 Å². The predicted molar refractivity (Wildman–Crippen MR) is 56.3 cm³/mol. The zero-order valence-corrected chi connectivity index (χ0v) is 9.03. The van der Waals surface area contributed by atoms with Crippen LogP contribution >= 0.6 is 7.60 Å². The van der Waals surface area contributed by atoms with Crippen LogP contribution in [-0.2, 0) is 4.57 Å². The highest BCUT2D eigenvalue weighted by Crippen LogP contribution is 2.40. The van der Waals surface area contributed by atoms with Crippen molar-refractivity contribution in [3.05, 3.63) is 29.8 Å². The lowest BCUT2D eigenvalue weighted by molar-refractivity contribution is 0.364. The van der Waals surface area contributed by atoms with E-state index in [4.69, 9.17) is 9.79 Å². The number of anilines is 1. The maximum absolute atomic E-state index is 10.8. The number of aryl methyl sites for hydroxylation is 1. The molecule has 1 atom stereocenters. The molecule has 0 aromatic heterocycles. The van der Waals surface area contributed by atoms with Gasteiger partial charge in [0.2, 0.25) is 0 Å². The van der Waals surface area contributed by atoms with Crippen molar-refractivity contribution in [1.82, 2.24) is 0 Å². The lowest BCUT2D eigenvalue weighted by Crippen LogP contribution is -2.14. The van der Waals surface area contributed by atoms with Crippen LogP contribution in [0.25, 0.3) is 0 Å². The minimum atomic E-state index is -4.05. The summed E-state index contributed by atoms with van der Waals surface area (Å²) in [5.74, 6) is -0.856. The summed E-state index contributed by atoms with van der Waals surface area (Å²) in [7, 11) is -4.05. The lowest BCUT2D eigenvalue weighted by atomic mass is 10.2. The Balaban J connectivity index is 2.70. The van der Waals surface area contributed by atoms with Crippen LogP contribution < -0.4 is 5.32 Å². The maximum Gasteiger partial charge on any atom is 0.347 e. The Bertz CT molecular complexity index is 344. The van der Waals surface area contributed by atoms with Crippen LogP contribution in [0.4, 0.5) is 5.69 Å². The number of benzene rings is 1. The Morgan fingerprint density at radius 2 is 1.79 bits per heavy atom. The average molecular weight is 215 g/mol. The molecule has 0 heterocycles. The summed E-state index contributed by atoms with van der Waals surface area (Å²) < 4.78 is 10.8. The average Bonchev–Trinajstić information content (AvgIpc) is 2.07. The molecule has 1 aromatic rings. The fraction of sp³-hybridized carbons (Fsp3) is 0.333. The Morgan fingerprint density at radius 1 is 1.29 bits per heavy atom. The van der Waals surface area contributed by atoms with E-state index >= 15 is 0 Å². The predicted octanol–water partition coefficient (Wildman–Crippen LogP) is 1.93. The van der Waals surface area contributed by atoms with Crippen molar-refractivity contribution in [3.63, 3.8) is 0 Å². The van der Waals surface area contributed by atoms with Crippen LogP contribution in [0.2, 0.25) is 0 Å². The van der Waals surface area contributed by atoms with Crippen molar-refractivity contribution in [2.75, 3.05) is 5.32 Å². The van der Waals surface area contributed by atoms with Gasteiger partial charge in [0.05, 0.1) is 0 Å². The summed E-state index contributed by atoms with van der Waals surface area (Å²) in [6, 6.07) is 7.35. The normalized spacial score (nSPS) is 13.7. The Morgan fingerprint density at radius 3 is 2.21 bits per heavy atom. The zero-order valence-electron chi connectivity index (χ0n) is 8.14. The minimum absolute atomic E-state index is 0.714. The second-order valence-corrected chi connectivity index (χ2v) is 5.23. The molecule has 0 aliphatic heterocycles. The first kappa shape index (κ1) is 11.2. The van der Waals surface area contributed by atoms with Gasteiger partial charge in [0.25, 0.3) is 0 Å². The monoisotopic (exact) mass is 215 g/mol. The fourth-order valence-electron chi connectivity index (χ4n) is 0.975. The van der Waals surface area contributed by atoms with E-state index in [2.05, 4.69) is 5.32 Å².